The van der Waals surface area contributed by atoms with Crippen LogP contribution in [0.2, 0.25) is 58.9 Å². The maximum absolute atomic E-state index is 13.6. The fraction of sp³-hybridized carbons (Fsp3) is 0.971. The molecule has 0 spiro atoms. The number of hydrogen-bond acceptors (Lipinski definition) is 9. The van der Waals surface area contributed by atoms with Crippen LogP contribution >= 0.6 is 0 Å². The molecule has 0 saturated carbocycles. The summed E-state index contributed by atoms with van der Waals surface area (Å²) < 4.78 is 32.8. The molecule has 9 nitrogen and oxygen atoms in total. The second-order valence-electron chi connectivity index (χ2n) is 29.1. The highest BCUT2D eigenvalue weighted by Crippen LogP contribution is 2.25. The number of nitrogens with zero attached hydrogens (tertiary/aromatic N) is 2. The summed E-state index contributed by atoms with van der Waals surface area (Å²) in [7, 11) is -5.32. The third-order valence-corrected chi connectivity index (χ3v) is 19.8. The monoisotopic (exact) mass is 1210 g/mol. The molecule has 0 N–H and O–H groups in total. The molecule has 0 bridgehead atoms. The van der Waals surface area contributed by atoms with Crippen molar-refractivity contribution in [1.29, 1.82) is 0 Å². The van der Waals surface area contributed by atoms with Gasteiger partial charge >= 0.3 is 11.9 Å². The maximum Gasteiger partial charge on any atom is 0.348 e. The van der Waals surface area contributed by atoms with Crippen molar-refractivity contribution in [3.8, 4) is 0 Å². The Morgan fingerprint density at radius 3 is 0.854 bits per heavy atom. The third-order valence-electron chi connectivity index (χ3n) is 16.6. The molecule has 0 amide bonds. The molecule has 488 valence electrons. The lowest BCUT2D eigenvalue weighted by molar-refractivity contribution is -0.196. The van der Waals surface area contributed by atoms with Crippen LogP contribution < -0.4 is 0 Å². The van der Waals surface area contributed by atoms with E-state index in [4.69, 9.17) is 22.8 Å². The maximum atomic E-state index is 13.6. The highest BCUT2D eigenvalue weighted by molar-refractivity contribution is 6.70. The van der Waals surface area contributed by atoms with E-state index in [1.54, 1.807) is 0 Å². The number of cyclic esters (lactones) is 2. The van der Waals surface area contributed by atoms with E-state index < -0.39 is 37.2 Å². The first-order valence-corrected chi connectivity index (χ1v) is 46.3. The normalized spacial score (nSPS) is 17.0. The molecule has 12 heteroatoms. The van der Waals surface area contributed by atoms with E-state index in [1.807, 2.05) is 0 Å². The van der Waals surface area contributed by atoms with Gasteiger partial charge < -0.3 is 27.7 Å². The van der Waals surface area contributed by atoms with Crippen molar-refractivity contribution >= 4 is 36.9 Å². The summed E-state index contributed by atoms with van der Waals surface area (Å²) in [6.45, 7) is 38.4. The molecule has 6 atom stereocenters. The molecular weight excluding hydrogens is 1070 g/mol. The molecule has 0 aromatic carbocycles. The predicted octanol–water partition coefficient (Wildman–Crippen LogP) is 21.2. The standard InChI is InChI=1S/C70H144N2O7Si3/c1-15-19-23-27-31-35-39-43-51-63(5)59-71(60-64(77-80(6,7)8)52-44-40-36-32-28-24-20-16-2)57-49-47-55-67-69(73)76-68(70(74)75-67)56-48-50-58-72(61-65(78-81(9,10)11)53-45-41-37-33-29-25-21-17-3)62-66(79-82(12,13)14)54-46-42-38-34-30-26-22-18-4/h63-68H,15-62H2,1-14H3/t63-,64-,65?,66?,67?,68?/m1/s1. The predicted molar refractivity (Wildman–Crippen MR) is 363 cm³/mol. The topological polar surface area (TPSA) is 86.8 Å². The average Bonchev–Trinajstić information content (AvgIpc) is 3.39. The van der Waals surface area contributed by atoms with Crippen LogP contribution in [0.3, 0.4) is 0 Å². The molecule has 1 saturated heterocycles. The van der Waals surface area contributed by atoms with Gasteiger partial charge in [-0.1, -0.05) is 240 Å². The number of esters is 2. The van der Waals surface area contributed by atoms with Crippen LogP contribution in [0.25, 0.3) is 0 Å². The van der Waals surface area contributed by atoms with Crippen LogP contribution in [-0.4, -0.2) is 116 Å². The van der Waals surface area contributed by atoms with E-state index in [0.29, 0.717) is 18.8 Å². The zero-order valence-corrected chi connectivity index (χ0v) is 60.7. The molecule has 0 aromatic rings. The number of rotatable bonds is 60. The first-order chi connectivity index (χ1) is 39.2. The Kier molecular flexibility index (Phi) is 48.7. The Morgan fingerprint density at radius 1 is 0.341 bits per heavy atom. The molecule has 0 aliphatic carbocycles. The minimum atomic E-state index is -1.79. The minimum Gasteiger partial charge on any atom is -0.448 e. The van der Waals surface area contributed by atoms with Gasteiger partial charge in [-0.15, -0.1) is 0 Å². The Balaban J connectivity index is 3.00. The van der Waals surface area contributed by atoms with Crippen LogP contribution in [0, 0.1) is 5.92 Å². The zero-order valence-electron chi connectivity index (χ0n) is 57.7. The van der Waals surface area contributed by atoms with Crippen LogP contribution in [0.15, 0.2) is 0 Å². The number of ether oxygens (including phenoxy) is 2. The van der Waals surface area contributed by atoms with Gasteiger partial charge in [0, 0.05) is 26.2 Å². The van der Waals surface area contributed by atoms with Crippen molar-refractivity contribution < 1.29 is 32.3 Å². The Labute approximate surface area is 515 Å². The molecule has 0 radical (unpaired) electrons. The van der Waals surface area contributed by atoms with Gasteiger partial charge in [-0.25, -0.2) is 9.59 Å². The Hall–Kier alpha value is -0.609. The van der Waals surface area contributed by atoms with Gasteiger partial charge in [0.2, 0.25) is 0 Å². The van der Waals surface area contributed by atoms with Crippen LogP contribution in [0.4, 0.5) is 0 Å². The first-order valence-electron chi connectivity index (χ1n) is 36.1. The van der Waals surface area contributed by atoms with Crippen molar-refractivity contribution in [3.05, 3.63) is 0 Å². The minimum absolute atomic E-state index is 0.204. The molecule has 0 aromatic heterocycles. The average molecular weight is 1210 g/mol. The van der Waals surface area contributed by atoms with Crippen molar-refractivity contribution in [2.24, 2.45) is 5.92 Å². The SMILES string of the molecule is CCCCCCCCCCC(CN(CCCCC1OC(=O)C(CCCCN(C[C@H](C)CCCCCCCCCC)C[C@@H](CCCCCCCCCC)O[Si](C)(C)C)OC1=O)CC(CCCCCCCCCC)O[Si](C)(C)C)O[Si](C)(C)C. The molecular formula is C70H144N2O7Si3. The van der Waals surface area contributed by atoms with E-state index in [1.165, 1.54) is 212 Å². The van der Waals surface area contributed by atoms with E-state index >= 15 is 0 Å². The van der Waals surface area contributed by atoms with Gasteiger partial charge in [-0.3, -0.25) is 4.90 Å². The second kappa shape index (κ2) is 50.3. The van der Waals surface area contributed by atoms with Gasteiger partial charge in [0.15, 0.2) is 37.2 Å². The smallest absolute Gasteiger partial charge is 0.348 e. The number of carbonyl (C=O) groups is 2. The van der Waals surface area contributed by atoms with Crippen LogP contribution in [0.1, 0.15) is 304 Å². The van der Waals surface area contributed by atoms with Crippen molar-refractivity contribution in [2.45, 2.75) is 394 Å². The van der Waals surface area contributed by atoms with Crippen LogP contribution in [-0.2, 0) is 32.3 Å². The summed E-state index contributed by atoms with van der Waals surface area (Å²) >= 11 is 0. The Bertz CT molecular complexity index is 1430. The highest BCUT2D eigenvalue weighted by atomic mass is 28.4. The lowest BCUT2D eigenvalue weighted by atomic mass is 10.00. The first kappa shape index (κ1) is 79.4. The number of carbonyl (C=O) groups excluding carboxylic acids is 2. The summed E-state index contributed by atoms with van der Waals surface area (Å²) in [6, 6.07) is 0. The van der Waals surface area contributed by atoms with E-state index in [0.717, 1.165) is 84.2 Å². The van der Waals surface area contributed by atoms with E-state index in [-0.39, 0.29) is 30.3 Å². The van der Waals surface area contributed by atoms with Gasteiger partial charge in [0.25, 0.3) is 0 Å². The third kappa shape index (κ3) is 48.4. The molecule has 1 rings (SSSR count). The quantitative estimate of drug-likeness (QED) is 0.0336. The van der Waals surface area contributed by atoms with Crippen molar-refractivity contribution in [1.82, 2.24) is 9.80 Å². The Morgan fingerprint density at radius 2 is 0.585 bits per heavy atom. The van der Waals surface area contributed by atoms with Gasteiger partial charge in [0.1, 0.15) is 0 Å². The van der Waals surface area contributed by atoms with Gasteiger partial charge in [0.05, 0.1) is 18.3 Å². The second-order valence-corrected chi connectivity index (χ2v) is 42.5. The van der Waals surface area contributed by atoms with Gasteiger partial charge in [-0.05, 0) is 142 Å². The van der Waals surface area contributed by atoms with E-state index in [2.05, 4.69) is 103 Å². The summed E-state index contributed by atoms with van der Waals surface area (Å²) in [5.74, 6) is -0.107. The lowest BCUT2D eigenvalue weighted by Crippen LogP contribution is -2.45. The molecule has 4 unspecified atom stereocenters. The van der Waals surface area contributed by atoms with Gasteiger partial charge in [-0.2, -0.15) is 0 Å². The number of unbranched alkanes of at least 4 members (excludes halogenated alkanes) is 30. The molecule has 1 aliphatic heterocycles. The van der Waals surface area contributed by atoms with Crippen molar-refractivity contribution in [2.75, 3.05) is 39.3 Å². The molecule has 82 heavy (non-hydrogen) atoms. The largest absolute Gasteiger partial charge is 0.448 e. The lowest BCUT2D eigenvalue weighted by Gasteiger charge is -2.35. The fourth-order valence-corrected chi connectivity index (χ4v) is 15.9. The molecule has 1 heterocycles. The fourth-order valence-electron chi connectivity index (χ4n) is 12.3. The van der Waals surface area contributed by atoms with Crippen LogP contribution in [0.5, 0.6) is 0 Å². The summed E-state index contributed by atoms with van der Waals surface area (Å²) in [6.07, 6.45) is 50.7. The molecule has 1 aliphatic rings. The zero-order chi connectivity index (χ0) is 60.8. The molecule has 1 fully saturated rings. The highest BCUT2D eigenvalue weighted by Gasteiger charge is 2.38. The summed E-state index contributed by atoms with van der Waals surface area (Å²) in [4.78, 5) is 32.5. The van der Waals surface area contributed by atoms with E-state index in [9.17, 15) is 9.59 Å². The summed E-state index contributed by atoms with van der Waals surface area (Å²) in [5, 5.41) is 0. The van der Waals surface area contributed by atoms with Crippen molar-refractivity contribution in [3.63, 3.8) is 0 Å². The number of hydrogen-bond donors (Lipinski definition) is 0. The summed E-state index contributed by atoms with van der Waals surface area (Å²) in [5.41, 5.74) is 0.